The van der Waals surface area contributed by atoms with Gasteiger partial charge in [-0.15, -0.1) is 0 Å². The highest BCUT2D eigenvalue weighted by Gasteiger charge is 2.40. The summed E-state index contributed by atoms with van der Waals surface area (Å²) in [5.74, 6) is -3.30. The lowest BCUT2D eigenvalue weighted by Crippen LogP contribution is -2.54. The maximum atomic E-state index is 12.1. The molecule has 1 aliphatic heterocycles. The molecule has 0 aromatic rings. The summed E-state index contributed by atoms with van der Waals surface area (Å²) < 4.78 is 0. The monoisotopic (exact) mass is 282 g/mol. The molecule has 110 valence electrons. The maximum absolute atomic E-state index is 12.1. The fourth-order valence-corrected chi connectivity index (χ4v) is 2.90. The number of aliphatic carboxylic acids is 1. The van der Waals surface area contributed by atoms with Crippen molar-refractivity contribution in [3.63, 3.8) is 0 Å². The summed E-state index contributed by atoms with van der Waals surface area (Å²) in [7, 11) is 1.39. The SMILES string of the molecule is CN1C(=O)CCC(NC(=O)[C@@H]2CCC[C@@H]2C(=O)O)C1=O. The minimum atomic E-state index is -0.968. The molecule has 0 spiro atoms. The second-order valence-corrected chi connectivity index (χ2v) is 5.37. The number of carboxylic acid groups (broad SMARTS) is 1. The number of carboxylic acids is 1. The Hall–Kier alpha value is -1.92. The third-order valence-corrected chi connectivity index (χ3v) is 4.14. The van der Waals surface area contributed by atoms with E-state index in [0.29, 0.717) is 19.3 Å². The van der Waals surface area contributed by atoms with Gasteiger partial charge in [0.15, 0.2) is 0 Å². The number of nitrogens with zero attached hydrogens (tertiary/aromatic N) is 1. The van der Waals surface area contributed by atoms with Crippen LogP contribution in [0.3, 0.4) is 0 Å². The van der Waals surface area contributed by atoms with Crippen LogP contribution in [-0.2, 0) is 19.2 Å². The lowest BCUT2D eigenvalue weighted by atomic mass is 9.94. The molecule has 2 fully saturated rings. The molecular formula is C13H18N2O5. The third kappa shape index (κ3) is 2.66. The van der Waals surface area contributed by atoms with E-state index in [1.165, 1.54) is 7.05 Å². The van der Waals surface area contributed by atoms with Crippen molar-refractivity contribution in [2.45, 2.75) is 38.1 Å². The van der Waals surface area contributed by atoms with Crippen molar-refractivity contribution in [3.8, 4) is 0 Å². The van der Waals surface area contributed by atoms with Crippen LogP contribution in [0.1, 0.15) is 32.1 Å². The molecule has 0 aromatic carbocycles. The molecule has 1 saturated heterocycles. The van der Waals surface area contributed by atoms with Crippen LogP contribution in [-0.4, -0.2) is 46.8 Å². The Morgan fingerprint density at radius 2 is 1.85 bits per heavy atom. The number of imide groups is 1. The molecule has 1 heterocycles. The number of hydrogen-bond donors (Lipinski definition) is 2. The minimum Gasteiger partial charge on any atom is -0.481 e. The Labute approximate surface area is 116 Å². The van der Waals surface area contributed by atoms with Crippen molar-refractivity contribution < 1.29 is 24.3 Å². The zero-order chi connectivity index (χ0) is 14.9. The van der Waals surface area contributed by atoms with E-state index in [1.807, 2.05) is 0 Å². The van der Waals surface area contributed by atoms with E-state index < -0.39 is 35.7 Å². The van der Waals surface area contributed by atoms with Crippen molar-refractivity contribution in [2.24, 2.45) is 11.8 Å². The number of nitrogens with one attached hydrogen (secondary N) is 1. The Bertz CT molecular complexity index is 462. The van der Waals surface area contributed by atoms with Crippen LogP contribution in [0.25, 0.3) is 0 Å². The topological polar surface area (TPSA) is 104 Å². The van der Waals surface area contributed by atoms with Crippen LogP contribution in [0, 0.1) is 11.8 Å². The molecule has 3 atom stereocenters. The van der Waals surface area contributed by atoms with Crippen molar-refractivity contribution in [2.75, 3.05) is 7.05 Å². The Balaban J connectivity index is 1.99. The fraction of sp³-hybridized carbons (Fsp3) is 0.692. The predicted octanol–water partition coefficient (Wildman–Crippen LogP) is -0.249. The van der Waals surface area contributed by atoms with E-state index in [2.05, 4.69) is 5.32 Å². The van der Waals surface area contributed by atoms with E-state index in [1.54, 1.807) is 0 Å². The van der Waals surface area contributed by atoms with Gasteiger partial charge in [0.05, 0.1) is 11.8 Å². The van der Waals surface area contributed by atoms with Crippen molar-refractivity contribution >= 4 is 23.7 Å². The Morgan fingerprint density at radius 3 is 2.50 bits per heavy atom. The number of amides is 3. The number of likely N-dealkylation sites (N-methyl/N-ethyl adjacent to an activating group) is 1. The fourth-order valence-electron chi connectivity index (χ4n) is 2.90. The highest BCUT2D eigenvalue weighted by atomic mass is 16.4. The molecule has 20 heavy (non-hydrogen) atoms. The molecule has 2 aliphatic rings. The molecule has 1 saturated carbocycles. The van der Waals surface area contributed by atoms with Gasteiger partial charge in [-0.1, -0.05) is 6.42 Å². The molecule has 7 nitrogen and oxygen atoms in total. The van der Waals surface area contributed by atoms with E-state index >= 15 is 0 Å². The van der Waals surface area contributed by atoms with Crippen molar-refractivity contribution in [3.05, 3.63) is 0 Å². The van der Waals surface area contributed by atoms with Crippen molar-refractivity contribution in [1.82, 2.24) is 10.2 Å². The molecule has 0 radical (unpaired) electrons. The lowest BCUT2D eigenvalue weighted by molar-refractivity contribution is -0.150. The standard InChI is InChI=1S/C13H18N2O5/c1-15-10(16)6-5-9(12(15)18)14-11(17)7-3-2-4-8(7)13(19)20/h7-9H,2-6H2,1H3,(H,14,17)(H,19,20)/t7-,8+,9?/m1/s1. The first kappa shape index (κ1) is 14.5. The highest BCUT2D eigenvalue weighted by molar-refractivity contribution is 6.01. The number of rotatable bonds is 3. The van der Waals surface area contributed by atoms with Gasteiger partial charge in [0.2, 0.25) is 11.8 Å². The Morgan fingerprint density at radius 1 is 1.20 bits per heavy atom. The van der Waals surface area contributed by atoms with Gasteiger partial charge >= 0.3 is 5.97 Å². The minimum absolute atomic E-state index is 0.209. The summed E-state index contributed by atoms with van der Waals surface area (Å²) in [6.07, 6.45) is 2.20. The third-order valence-electron chi connectivity index (χ3n) is 4.14. The molecular weight excluding hydrogens is 264 g/mol. The maximum Gasteiger partial charge on any atom is 0.307 e. The van der Waals surface area contributed by atoms with Crippen molar-refractivity contribution in [1.29, 1.82) is 0 Å². The first-order chi connectivity index (χ1) is 9.41. The van der Waals surface area contributed by atoms with Crippen LogP contribution in [0.4, 0.5) is 0 Å². The van der Waals surface area contributed by atoms with Crippen LogP contribution in [0.15, 0.2) is 0 Å². The highest BCUT2D eigenvalue weighted by Crippen LogP contribution is 2.32. The van der Waals surface area contributed by atoms with Gasteiger partial charge in [0.1, 0.15) is 6.04 Å². The second kappa shape index (κ2) is 5.60. The molecule has 1 unspecified atom stereocenters. The van der Waals surface area contributed by atoms with Gasteiger partial charge in [0.25, 0.3) is 5.91 Å². The zero-order valence-electron chi connectivity index (χ0n) is 11.3. The number of hydrogen-bond acceptors (Lipinski definition) is 4. The smallest absolute Gasteiger partial charge is 0.307 e. The largest absolute Gasteiger partial charge is 0.481 e. The van der Waals surface area contributed by atoms with Crippen LogP contribution >= 0.6 is 0 Å². The normalized spacial score (nSPS) is 30.4. The summed E-state index contributed by atoms with van der Waals surface area (Å²) in [5, 5.41) is 11.7. The zero-order valence-corrected chi connectivity index (χ0v) is 11.3. The first-order valence-electron chi connectivity index (χ1n) is 6.75. The summed E-state index contributed by atoms with van der Waals surface area (Å²) in [5.41, 5.74) is 0. The van der Waals surface area contributed by atoms with Gasteiger partial charge in [-0.2, -0.15) is 0 Å². The summed E-state index contributed by atoms with van der Waals surface area (Å²) in [6.45, 7) is 0. The van der Waals surface area contributed by atoms with Gasteiger partial charge in [-0.25, -0.2) is 0 Å². The Kier molecular flexibility index (Phi) is 4.06. The van der Waals surface area contributed by atoms with Gasteiger partial charge < -0.3 is 10.4 Å². The molecule has 7 heteroatoms. The molecule has 0 aromatic heterocycles. The number of piperidine rings is 1. The summed E-state index contributed by atoms with van der Waals surface area (Å²) in [6, 6.07) is -0.722. The first-order valence-corrected chi connectivity index (χ1v) is 6.75. The number of likely N-dealkylation sites (tertiary alicyclic amines) is 1. The van der Waals surface area contributed by atoms with E-state index in [0.717, 1.165) is 4.90 Å². The summed E-state index contributed by atoms with van der Waals surface area (Å²) >= 11 is 0. The van der Waals surface area contributed by atoms with E-state index in [-0.39, 0.29) is 18.7 Å². The van der Waals surface area contributed by atoms with Crippen LogP contribution in [0.2, 0.25) is 0 Å². The molecule has 0 bridgehead atoms. The average Bonchev–Trinajstić information content (AvgIpc) is 2.89. The number of carbonyl (C=O) groups is 4. The van der Waals surface area contributed by atoms with Crippen LogP contribution in [0.5, 0.6) is 0 Å². The second-order valence-electron chi connectivity index (χ2n) is 5.37. The molecule has 2 rings (SSSR count). The van der Waals surface area contributed by atoms with Crippen LogP contribution < -0.4 is 5.32 Å². The van der Waals surface area contributed by atoms with E-state index in [9.17, 15) is 19.2 Å². The molecule has 3 amide bonds. The number of carbonyl (C=O) groups excluding carboxylic acids is 3. The molecule has 1 aliphatic carbocycles. The summed E-state index contributed by atoms with van der Waals surface area (Å²) in [4.78, 5) is 47.4. The quantitative estimate of drug-likeness (QED) is 0.695. The average molecular weight is 282 g/mol. The lowest BCUT2D eigenvalue weighted by Gasteiger charge is -2.29. The predicted molar refractivity (Wildman–Crippen MR) is 67.4 cm³/mol. The van der Waals surface area contributed by atoms with Gasteiger partial charge in [-0.05, 0) is 19.3 Å². The van der Waals surface area contributed by atoms with Gasteiger partial charge in [0, 0.05) is 13.5 Å². The van der Waals surface area contributed by atoms with E-state index in [4.69, 9.17) is 5.11 Å². The molecule has 2 N–H and O–H groups in total. The van der Waals surface area contributed by atoms with Gasteiger partial charge in [-0.3, -0.25) is 24.1 Å².